The molecule has 1 N–H and O–H groups in total. The molecule has 4 nitrogen and oxygen atoms in total. The lowest BCUT2D eigenvalue weighted by Gasteiger charge is -2.08. The average molecular weight is 251 g/mol. The zero-order valence-corrected chi connectivity index (χ0v) is 11.6. The Morgan fingerprint density at radius 1 is 1.56 bits per heavy atom. The topological polar surface area (TPSA) is 39.1 Å². The average Bonchev–Trinajstić information content (AvgIpc) is 2.97. The highest BCUT2D eigenvalue weighted by atomic mass is 16.5. The fourth-order valence-electron chi connectivity index (χ4n) is 2.40. The van der Waals surface area contributed by atoms with Crippen LogP contribution in [0.15, 0.2) is 6.20 Å². The molecule has 0 aliphatic carbocycles. The van der Waals surface area contributed by atoms with Crippen molar-refractivity contribution in [3.8, 4) is 0 Å². The smallest absolute Gasteiger partial charge is 0.0638 e. The predicted molar refractivity (Wildman–Crippen MR) is 72.6 cm³/mol. The monoisotopic (exact) mass is 251 g/mol. The summed E-state index contributed by atoms with van der Waals surface area (Å²) >= 11 is 0. The summed E-state index contributed by atoms with van der Waals surface area (Å²) in [4.78, 5) is 0. The van der Waals surface area contributed by atoms with Gasteiger partial charge in [-0.2, -0.15) is 5.10 Å². The molecule has 102 valence electrons. The number of nitrogens with one attached hydrogen (secondary N) is 1. The van der Waals surface area contributed by atoms with Crippen molar-refractivity contribution in [3.05, 3.63) is 17.5 Å². The summed E-state index contributed by atoms with van der Waals surface area (Å²) in [6, 6.07) is 0. The van der Waals surface area contributed by atoms with Gasteiger partial charge in [0.1, 0.15) is 0 Å². The van der Waals surface area contributed by atoms with E-state index < -0.39 is 0 Å². The first-order chi connectivity index (χ1) is 8.79. The second-order valence-electron chi connectivity index (χ2n) is 5.10. The first-order valence-electron chi connectivity index (χ1n) is 7.15. The van der Waals surface area contributed by atoms with Crippen molar-refractivity contribution in [1.82, 2.24) is 15.1 Å². The molecule has 1 aromatic rings. The van der Waals surface area contributed by atoms with Gasteiger partial charge in [-0.05, 0) is 39.2 Å². The van der Waals surface area contributed by atoms with Gasteiger partial charge in [-0.15, -0.1) is 0 Å². The van der Waals surface area contributed by atoms with Crippen molar-refractivity contribution in [2.45, 2.75) is 58.7 Å². The van der Waals surface area contributed by atoms with Crippen LogP contribution in [0.3, 0.4) is 0 Å². The molecule has 18 heavy (non-hydrogen) atoms. The maximum Gasteiger partial charge on any atom is 0.0638 e. The van der Waals surface area contributed by atoms with Gasteiger partial charge >= 0.3 is 0 Å². The number of hydrogen-bond donors (Lipinski definition) is 1. The van der Waals surface area contributed by atoms with Crippen LogP contribution < -0.4 is 5.32 Å². The van der Waals surface area contributed by atoms with Gasteiger partial charge in [0.2, 0.25) is 0 Å². The molecule has 1 aromatic heterocycles. The zero-order chi connectivity index (χ0) is 12.8. The van der Waals surface area contributed by atoms with Crippen LogP contribution in [0.5, 0.6) is 0 Å². The molecule has 1 saturated heterocycles. The lowest BCUT2D eigenvalue weighted by molar-refractivity contribution is 0.0994. The SMILES string of the molecule is CCCNCc1cn(CCC2CCCO2)nc1C. The normalized spacial score (nSPS) is 19.6. The lowest BCUT2D eigenvalue weighted by atomic mass is 10.2. The zero-order valence-electron chi connectivity index (χ0n) is 11.6. The number of nitrogens with zero attached hydrogens (tertiary/aromatic N) is 2. The molecule has 1 unspecified atom stereocenters. The molecule has 1 aliphatic rings. The van der Waals surface area contributed by atoms with E-state index in [1.54, 1.807) is 0 Å². The van der Waals surface area contributed by atoms with Crippen LogP contribution in [0.1, 0.15) is 43.9 Å². The Kier molecular flexibility index (Phi) is 5.20. The van der Waals surface area contributed by atoms with Crippen molar-refractivity contribution in [2.24, 2.45) is 0 Å². The van der Waals surface area contributed by atoms with E-state index in [1.165, 1.54) is 24.8 Å². The lowest BCUT2D eigenvalue weighted by Crippen LogP contribution is -2.14. The molecular formula is C14H25N3O. The van der Waals surface area contributed by atoms with Crippen LogP contribution in [-0.2, 0) is 17.8 Å². The highest BCUT2D eigenvalue weighted by Gasteiger charge is 2.15. The Bertz CT molecular complexity index is 356. The number of rotatable bonds is 7. The highest BCUT2D eigenvalue weighted by Crippen LogP contribution is 2.16. The molecule has 1 fully saturated rings. The first-order valence-corrected chi connectivity index (χ1v) is 7.15. The molecule has 0 spiro atoms. The fraction of sp³-hybridized carbons (Fsp3) is 0.786. The molecule has 0 saturated carbocycles. The van der Waals surface area contributed by atoms with Gasteiger partial charge in [-0.25, -0.2) is 0 Å². The van der Waals surface area contributed by atoms with Gasteiger partial charge in [0, 0.05) is 31.5 Å². The molecule has 4 heteroatoms. The Balaban J connectivity index is 1.79. The van der Waals surface area contributed by atoms with E-state index in [9.17, 15) is 0 Å². The van der Waals surface area contributed by atoms with Crippen LogP contribution in [0.25, 0.3) is 0 Å². The molecule has 0 aromatic carbocycles. The molecule has 0 bridgehead atoms. The van der Waals surface area contributed by atoms with E-state index in [-0.39, 0.29) is 0 Å². The fourth-order valence-corrected chi connectivity index (χ4v) is 2.40. The van der Waals surface area contributed by atoms with Gasteiger partial charge in [-0.1, -0.05) is 6.92 Å². The molecule has 1 atom stereocenters. The van der Waals surface area contributed by atoms with Crippen molar-refractivity contribution < 1.29 is 4.74 Å². The van der Waals surface area contributed by atoms with E-state index in [0.717, 1.165) is 38.4 Å². The van der Waals surface area contributed by atoms with E-state index in [4.69, 9.17) is 4.74 Å². The van der Waals surface area contributed by atoms with Crippen molar-refractivity contribution >= 4 is 0 Å². The molecule has 1 aliphatic heterocycles. The number of aromatic nitrogens is 2. The predicted octanol–water partition coefficient (Wildman–Crippen LogP) is 2.26. The minimum Gasteiger partial charge on any atom is -0.378 e. The summed E-state index contributed by atoms with van der Waals surface area (Å²) < 4.78 is 7.71. The molecular weight excluding hydrogens is 226 g/mol. The number of aryl methyl sites for hydroxylation is 2. The van der Waals surface area contributed by atoms with Crippen molar-refractivity contribution in [1.29, 1.82) is 0 Å². The summed E-state index contributed by atoms with van der Waals surface area (Å²) in [5.74, 6) is 0. The third-order valence-corrected chi connectivity index (χ3v) is 3.49. The first kappa shape index (κ1) is 13.6. The van der Waals surface area contributed by atoms with E-state index in [1.807, 2.05) is 0 Å². The Hall–Kier alpha value is -0.870. The minimum atomic E-state index is 0.455. The Morgan fingerprint density at radius 3 is 3.17 bits per heavy atom. The number of ether oxygens (including phenoxy) is 1. The summed E-state index contributed by atoms with van der Waals surface area (Å²) in [5.41, 5.74) is 2.46. The Morgan fingerprint density at radius 2 is 2.44 bits per heavy atom. The van der Waals surface area contributed by atoms with E-state index >= 15 is 0 Å². The highest BCUT2D eigenvalue weighted by molar-refractivity contribution is 5.14. The molecule has 2 heterocycles. The van der Waals surface area contributed by atoms with Crippen molar-refractivity contribution in [3.63, 3.8) is 0 Å². The second-order valence-corrected chi connectivity index (χ2v) is 5.10. The largest absolute Gasteiger partial charge is 0.378 e. The van der Waals surface area contributed by atoms with Gasteiger partial charge in [0.25, 0.3) is 0 Å². The maximum absolute atomic E-state index is 5.64. The van der Waals surface area contributed by atoms with Crippen LogP contribution in [0.4, 0.5) is 0 Å². The van der Waals surface area contributed by atoms with E-state index in [2.05, 4.69) is 35.1 Å². The minimum absolute atomic E-state index is 0.455. The summed E-state index contributed by atoms with van der Waals surface area (Å²) in [5, 5.41) is 8.00. The van der Waals surface area contributed by atoms with Gasteiger partial charge in [0.15, 0.2) is 0 Å². The van der Waals surface area contributed by atoms with Crippen LogP contribution >= 0.6 is 0 Å². The van der Waals surface area contributed by atoms with Crippen LogP contribution in [-0.4, -0.2) is 29.0 Å². The van der Waals surface area contributed by atoms with Gasteiger partial charge in [0.05, 0.1) is 11.8 Å². The van der Waals surface area contributed by atoms with Gasteiger partial charge in [-0.3, -0.25) is 4.68 Å². The quantitative estimate of drug-likeness (QED) is 0.756. The van der Waals surface area contributed by atoms with Crippen LogP contribution in [0.2, 0.25) is 0 Å². The number of hydrogen-bond acceptors (Lipinski definition) is 3. The summed E-state index contributed by atoms with van der Waals surface area (Å²) in [7, 11) is 0. The third-order valence-electron chi connectivity index (χ3n) is 3.49. The summed E-state index contributed by atoms with van der Waals surface area (Å²) in [6.07, 6.45) is 7.32. The van der Waals surface area contributed by atoms with Gasteiger partial charge < -0.3 is 10.1 Å². The third kappa shape index (κ3) is 3.82. The maximum atomic E-state index is 5.64. The molecule has 0 radical (unpaired) electrons. The van der Waals surface area contributed by atoms with Crippen LogP contribution in [0, 0.1) is 6.92 Å². The molecule has 0 amide bonds. The summed E-state index contributed by atoms with van der Waals surface area (Å²) in [6.45, 7) is 8.19. The molecule has 2 rings (SSSR count). The Labute approximate surface area is 110 Å². The second kappa shape index (κ2) is 6.90. The standard InChI is InChI=1S/C14H25N3O/c1-3-7-15-10-13-11-17(16-12(13)2)8-6-14-5-4-9-18-14/h11,14-15H,3-10H2,1-2H3. The van der Waals surface area contributed by atoms with E-state index in [0.29, 0.717) is 6.10 Å². The van der Waals surface area contributed by atoms with Crippen molar-refractivity contribution in [2.75, 3.05) is 13.2 Å².